The molecule has 0 saturated carbocycles. The Bertz CT molecular complexity index is 289. The number of hydrogen-bond donors (Lipinski definition) is 2. The summed E-state index contributed by atoms with van der Waals surface area (Å²) in [5, 5.41) is 11.9. The number of carbonyl (C=O) groups is 2. The van der Waals surface area contributed by atoms with Crippen LogP contribution in [0.4, 0.5) is 0 Å². The molecule has 17 heavy (non-hydrogen) atoms. The van der Waals surface area contributed by atoms with Crippen molar-refractivity contribution in [3.63, 3.8) is 0 Å². The quantitative estimate of drug-likeness (QED) is 0.693. The van der Waals surface area contributed by atoms with E-state index >= 15 is 0 Å². The van der Waals surface area contributed by atoms with Crippen molar-refractivity contribution in [1.29, 1.82) is 0 Å². The summed E-state index contributed by atoms with van der Waals surface area (Å²) >= 11 is 0. The van der Waals surface area contributed by atoms with Crippen molar-refractivity contribution in [1.82, 2.24) is 10.2 Å². The first-order chi connectivity index (χ1) is 7.99. The van der Waals surface area contributed by atoms with Crippen LogP contribution >= 0.6 is 0 Å². The van der Waals surface area contributed by atoms with Crippen LogP contribution in [0.3, 0.4) is 0 Å². The van der Waals surface area contributed by atoms with E-state index in [9.17, 15) is 9.59 Å². The molecule has 1 aliphatic heterocycles. The average Bonchev–Trinajstić information content (AvgIpc) is 2.36. The Kier molecular flexibility index (Phi) is 4.89. The number of amides is 1. The van der Waals surface area contributed by atoms with E-state index in [0.717, 1.165) is 0 Å². The summed E-state index contributed by atoms with van der Waals surface area (Å²) in [6.45, 7) is 5.68. The number of nitrogens with zero attached hydrogens (tertiary/aromatic N) is 1. The van der Waals surface area contributed by atoms with Crippen molar-refractivity contribution in [3.05, 3.63) is 0 Å². The number of carbonyl (C=O) groups excluding carboxylic acids is 1. The molecular formula is C11H20N2O4. The van der Waals surface area contributed by atoms with Gasteiger partial charge in [-0.25, -0.2) is 0 Å². The molecule has 1 rings (SSSR count). The van der Waals surface area contributed by atoms with Crippen LogP contribution in [0, 0.1) is 0 Å². The fourth-order valence-corrected chi connectivity index (χ4v) is 1.55. The Labute approximate surface area is 101 Å². The van der Waals surface area contributed by atoms with Crippen molar-refractivity contribution < 1.29 is 19.4 Å². The molecule has 0 spiro atoms. The van der Waals surface area contributed by atoms with Crippen LogP contribution in [0.5, 0.6) is 0 Å². The maximum absolute atomic E-state index is 11.8. The number of rotatable bonds is 5. The first-order valence-electron chi connectivity index (χ1n) is 5.83. The number of hydrogen-bond acceptors (Lipinski definition) is 4. The zero-order valence-corrected chi connectivity index (χ0v) is 10.4. The third kappa shape index (κ3) is 3.67. The molecule has 6 nitrogen and oxygen atoms in total. The van der Waals surface area contributed by atoms with Gasteiger partial charge in [-0.1, -0.05) is 6.92 Å². The molecule has 1 heterocycles. The molecule has 0 radical (unpaired) electrons. The van der Waals surface area contributed by atoms with Gasteiger partial charge in [0.15, 0.2) is 0 Å². The highest BCUT2D eigenvalue weighted by Gasteiger charge is 2.31. The number of ether oxygens (including phenoxy) is 1. The van der Waals surface area contributed by atoms with Gasteiger partial charge in [0.1, 0.15) is 5.54 Å². The zero-order chi connectivity index (χ0) is 12.9. The molecule has 1 aliphatic rings. The Hall–Kier alpha value is -1.14. The Morgan fingerprint density at radius 1 is 1.41 bits per heavy atom. The molecule has 0 aromatic rings. The van der Waals surface area contributed by atoms with Gasteiger partial charge >= 0.3 is 5.97 Å². The van der Waals surface area contributed by atoms with Gasteiger partial charge in [-0.2, -0.15) is 0 Å². The number of carboxylic acid groups (broad SMARTS) is 1. The summed E-state index contributed by atoms with van der Waals surface area (Å²) in [7, 11) is 0. The average molecular weight is 244 g/mol. The van der Waals surface area contributed by atoms with Gasteiger partial charge < -0.3 is 14.7 Å². The lowest BCUT2D eigenvalue weighted by Crippen LogP contribution is -2.53. The summed E-state index contributed by atoms with van der Waals surface area (Å²) in [5.41, 5.74) is -1.04. The summed E-state index contributed by atoms with van der Waals surface area (Å²) in [4.78, 5) is 24.5. The third-order valence-corrected chi connectivity index (χ3v) is 3.17. The minimum Gasteiger partial charge on any atom is -0.480 e. The van der Waals surface area contributed by atoms with Crippen molar-refractivity contribution in [2.45, 2.75) is 25.8 Å². The number of aliphatic carboxylic acids is 1. The highest BCUT2D eigenvalue weighted by molar-refractivity contribution is 5.82. The number of carboxylic acids is 1. The largest absolute Gasteiger partial charge is 0.480 e. The van der Waals surface area contributed by atoms with E-state index in [0.29, 0.717) is 32.7 Å². The highest BCUT2D eigenvalue weighted by atomic mass is 16.5. The molecule has 1 amide bonds. The molecule has 98 valence electrons. The van der Waals surface area contributed by atoms with E-state index in [-0.39, 0.29) is 12.5 Å². The lowest BCUT2D eigenvalue weighted by atomic mass is 9.99. The Morgan fingerprint density at radius 2 is 2.00 bits per heavy atom. The summed E-state index contributed by atoms with van der Waals surface area (Å²) in [6, 6.07) is 0. The predicted octanol–water partition coefficient (Wildman–Crippen LogP) is -0.312. The van der Waals surface area contributed by atoms with Gasteiger partial charge in [0.2, 0.25) is 5.91 Å². The summed E-state index contributed by atoms with van der Waals surface area (Å²) < 4.78 is 5.15. The first-order valence-corrected chi connectivity index (χ1v) is 5.83. The van der Waals surface area contributed by atoms with Gasteiger partial charge in [-0.15, -0.1) is 0 Å². The van der Waals surface area contributed by atoms with E-state index in [1.165, 1.54) is 0 Å². The summed E-state index contributed by atoms with van der Waals surface area (Å²) in [6.07, 6.45) is 0.429. The molecule has 1 unspecified atom stereocenters. The van der Waals surface area contributed by atoms with Crippen LogP contribution in [0.1, 0.15) is 20.3 Å². The topological polar surface area (TPSA) is 78.9 Å². The Morgan fingerprint density at radius 3 is 2.47 bits per heavy atom. The van der Waals surface area contributed by atoms with Crippen LogP contribution in [0.2, 0.25) is 0 Å². The number of nitrogens with one attached hydrogen (secondary N) is 1. The molecule has 0 aromatic carbocycles. The minimum atomic E-state index is -1.04. The van der Waals surface area contributed by atoms with Crippen molar-refractivity contribution >= 4 is 11.9 Å². The molecular weight excluding hydrogens is 224 g/mol. The monoisotopic (exact) mass is 244 g/mol. The van der Waals surface area contributed by atoms with E-state index < -0.39 is 11.5 Å². The van der Waals surface area contributed by atoms with Crippen LogP contribution in [-0.4, -0.2) is 60.3 Å². The zero-order valence-electron chi connectivity index (χ0n) is 10.4. The molecule has 2 N–H and O–H groups in total. The molecule has 0 aromatic heterocycles. The lowest BCUT2D eigenvalue weighted by Gasteiger charge is -2.29. The van der Waals surface area contributed by atoms with Crippen molar-refractivity contribution in [3.8, 4) is 0 Å². The second-order valence-corrected chi connectivity index (χ2v) is 4.34. The molecule has 6 heteroatoms. The SMILES string of the molecule is CCC(C)(NCC(=O)N1CCOCC1)C(=O)O. The van der Waals surface area contributed by atoms with E-state index in [4.69, 9.17) is 9.84 Å². The van der Waals surface area contributed by atoms with Crippen molar-refractivity contribution in [2.75, 3.05) is 32.8 Å². The van der Waals surface area contributed by atoms with Gasteiger partial charge in [0, 0.05) is 13.1 Å². The van der Waals surface area contributed by atoms with Gasteiger partial charge in [0.25, 0.3) is 0 Å². The van der Waals surface area contributed by atoms with Gasteiger partial charge in [0.05, 0.1) is 19.8 Å². The van der Waals surface area contributed by atoms with Crippen LogP contribution in [-0.2, 0) is 14.3 Å². The summed E-state index contributed by atoms with van der Waals surface area (Å²) in [5.74, 6) is -1.01. The standard InChI is InChI=1S/C11H20N2O4/c1-3-11(2,10(15)16)12-8-9(14)13-4-6-17-7-5-13/h12H,3-8H2,1-2H3,(H,15,16). The Balaban J connectivity index is 2.43. The molecule has 0 bridgehead atoms. The van der Waals surface area contributed by atoms with E-state index in [1.807, 2.05) is 0 Å². The smallest absolute Gasteiger partial charge is 0.323 e. The maximum atomic E-state index is 11.8. The highest BCUT2D eigenvalue weighted by Crippen LogP contribution is 2.09. The first kappa shape index (κ1) is 13.9. The number of morpholine rings is 1. The molecule has 1 atom stereocenters. The fraction of sp³-hybridized carbons (Fsp3) is 0.818. The van der Waals surface area contributed by atoms with Crippen LogP contribution in [0.25, 0.3) is 0 Å². The van der Waals surface area contributed by atoms with Crippen molar-refractivity contribution in [2.24, 2.45) is 0 Å². The molecule has 1 fully saturated rings. The molecule has 1 saturated heterocycles. The normalized spacial score (nSPS) is 19.8. The van der Waals surface area contributed by atoms with Gasteiger partial charge in [-0.05, 0) is 13.3 Å². The fourth-order valence-electron chi connectivity index (χ4n) is 1.55. The maximum Gasteiger partial charge on any atom is 0.323 e. The van der Waals surface area contributed by atoms with E-state index in [1.54, 1.807) is 18.7 Å². The minimum absolute atomic E-state index is 0.0522. The second-order valence-electron chi connectivity index (χ2n) is 4.34. The third-order valence-electron chi connectivity index (χ3n) is 3.17. The molecule has 0 aliphatic carbocycles. The predicted molar refractivity (Wildman–Crippen MR) is 61.7 cm³/mol. The van der Waals surface area contributed by atoms with Crippen LogP contribution < -0.4 is 5.32 Å². The second kappa shape index (κ2) is 5.97. The van der Waals surface area contributed by atoms with Gasteiger partial charge in [-0.3, -0.25) is 14.9 Å². The van der Waals surface area contributed by atoms with Crippen LogP contribution in [0.15, 0.2) is 0 Å². The van der Waals surface area contributed by atoms with E-state index in [2.05, 4.69) is 5.32 Å². The lowest BCUT2D eigenvalue weighted by molar-refractivity contribution is -0.145.